The summed E-state index contributed by atoms with van der Waals surface area (Å²) in [6, 6.07) is 5.20. The van der Waals surface area contributed by atoms with Crippen molar-refractivity contribution < 1.29 is 13.2 Å². The van der Waals surface area contributed by atoms with Gasteiger partial charge in [0.2, 0.25) is 11.9 Å². The maximum atomic E-state index is 13.0. The van der Waals surface area contributed by atoms with Crippen molar-refractivity contribution in [2.45, 2.75) is 20.0 Å². The Labute approximate surface area is 156 Å². The summed E-state index contributed by atoms with van der Waals surface area (Å²) >= 11 is 5.63. The minimum atomic E-state index is -4.59. The lowest BCUT2D eigenvalue weighted by Crippen LogP contribution is -2.16. The molecule has 3 rings (SSSR count). The molecular weight excluding hydrogens is 385 g/mol. The minimum Gasteiger partial charge on any atom is -0.324 e. The van der Waals surface area contributed by atoms with Crippen LogP contribution >= 0.6 is 11.6 Å². The van der Waals surface area contributed by atoms with Gasteiger partial charge in [0, 0.05) is 11.4 Å². The van der Waals surface area contributed by atoms with Gasteiger partial charge in [0.25, 0.3) is 5.95 Å². The van der Waals surface area contributed by atoms with Crippen molar-refractivity contribution >= 4 is 29.2 Å². The number of nitrogens with two attached hydrogens (primary N) is 1. The third-order valence-electron chi connectivity index (χ3n) is 3.48. The van der Waals surface area contributed by atoms with Crippen LogP contribution in [-0.2, 0) is 6.18 Å². The quantitative estimate of drug-likeness (QED) is 0.457. The first-order chi connectivity index (χ1) is 12.7. The molecule has 0 bridgehead atoms. The zero-order chi connectivity index (χ0) is 19.8. The molecule has 12 heteroatoms. The van der Waals surface area contributed by atoms with Crippen LogP contribution in [-0.4, -0.2) is 24.7 Å². The molecule has 0 amide bonds. The van der Waals surface area contributed by atoms with Gasteiger partial charge in [-0.2, -0.15) is 33.2 Å². The van der Waals surface area contributed by atoms with Crippen molar-refractivity contribution in [1.82, 2.24) is 24.7 Å². The van der Waals surface area contributed by atoms with Gasteiger partial charge >= 0.3 is 6.18 Å². The third kappa shape index (κ3) is 4.09. The van der Waals surface area contributed by atoms with Gasteiger partial charge in [-0.25, -0.2) is 10.5 Å². The fourth-order valence-corrected chi connectivity index (χ4v) is 2.59. The van der Waals surface area contributed by atoms with Crippen molar-refractivity contribution in [3.8, 4) is 5.95 Å². The van der Waals surface area contributed by atoms with Gasteiger partial charge in [0.15, 0.2) is 0 Å². The predicted molar refractivity (Wildman–Crippen MR) is 94.0 cm³/mol. The monoisotopic (exact) mass is 398 g/mol. The van der Waals surface area contributed by atoms with E-state index in [0.29, 0.717) is 0 Å². The van der Waals surface area contributed by atoms with E-state index in [2.05, 4.69) is 30.8 Å². The molecule has 2 aromatic heterocycles. The molecule has 0 aliphatic rings. The molecular formula is C15H14ClF3N8. The summed E-state index contributed by atoms with van der Waals surface area (Å²) in [5, 5.41) is 6.55. The van der Waals surface area contributed by atoms with Gasteiger partial charge < -0.3 is 5.32 Å². The van der Waals surface area contributed by atoms with Crippen LogP contribution in [0.15, 0.2) is 24.3 Å². The molecule has 0 saturated heterocycles. The first-order valence-corrected chi connectivity index (χ1v) is 7.95. The number of halogens is 4. The molecule has 0 atom stereocenters. The fraction of sp³-hybridized carbons (Fsp3) is 0.200. The molecule has 3 aromatic rings. The van der Waals surface area contributed by atoms with Crippen LogP contribution in [0.5, 0.6) is 0 Å². The van der Waals surface area contributed by atoms with Gasteiger partial charge in [-0.15, -0.1) is 0 Å². The number of hydrazine groups is 1. The molecule has 2 heterocycles. The average molecular weight is 399 g/mol. The van der Waals surface area contributed by atoms with Gasteiger partial charge in [0.05, 0.1) is 16.3 Å². The Morgan fingerprint density at radius 2 is 1.78 bits per heavy atom. The second-order valence-corrected chi connectivity index (χ2v) is 5.99. The lowest BCUT2D eigenvalue weighted by molar-refractivity contribution is -0.137. The van der Waals surface area contributed by atoms with Gasteiger partial charge in [-0.1, -0.05) is 11.6 Å². The van der Waals surface area contributed by atoms with Gasteiger partial charge in [-0.05, 0) is 38.1 Å². The molecule has 0 aliphatic carbocycles. The van der Waals surface area contributed by atoms with E-state index in [1.54, 1.807) is 13.8 Å². The van der Waals surface area contributed by atoms with Crippen LogP contribution in [0.4, 0.5) is 30.8 Å². The highest BCUT2D eigenvalue weighted by atomic mass is 35.5. The van der Waals surface area contributed by atoms with E-state index in [0.717, 1.165) is 23.5 Å². The molecule has 0 fully saturated rings. The van der Waals surface area contributed by atoms with E-state index in [1.165, 1.54) is 10.7 Å². The number of alkyl halides is 3. The third-order valence-corrected chi connectivity index (χ3v) is 3.81. The normalized spacial score (nSPS) is 11.5. The lowest BCUT2D eigenvalue weighted by Gasteiger charge is -2.12. The molecule has 0 aliphatic heterocycles. The Bertz CT molecular complexity index is 986. The van der Waals surface area contributed by atoms with Crippen LogP contribution in [0.1, 0.15) is 17.0 Å². The highest BCUT2D eigenvalue weighted by molar-refractivity contribution is 6.31. The van der Waals surface area contributed by atoms with E-state index < -0.39 is 16.8 Å². The van der Waals surface area contributed by atoms with E-state index >= 15 is 0 Å². The van der Waals surface area contributed by atoms with E-state index in [9.17, 15) is 13.2 Å². The van der Waals surface area contributed by atoms with Crippen LogP contribution in [0.2, 0.25) is 5.02 Å². The number of benzene rings is 1. The van der Waals surface area contributed by atoms with Gasteiger partial charge in [0.1, 0.15) is 0 Å². The molecule has 4 N–H and O–H groups in total. The van der Waals surface area contributed by atoms with Crippen molar-refractivity contribution in [3.05, 3.63) is 46.2 Å². The van der Waals surface area contributed by atoms with E-state index in [-0.39, 0.29) is 23.5 Å². The number of aryl methyl sites for hydroxylation is 2. The largest absolute Gasteiger partial charge is 0.417 e. The highest BCUT2D eigenvalue weighted by Crippen LogP contribution is 2.36. The second-order valence-electron chi connectivity index (χ2n) is 5.58. The summed E-state index contributed by atoms with van der Waals surface area (Å²) in [5.41, 5.74) is 2.92. The Morgan fingerprint density at radius 3 is 2.37 bits per heavy atom. The summed E-state index contributed by atoms with van der Waals surface area (Å²) < 4.78 is 40.5. The summed E-state index contributed by atoms with van der Waals surface area (Å²) in [7, 11) is 0. The Balaban J connectivity index is 2.00. The molecule has 1 aromatic carbocycles. The van der Waals surface area contributed by atoms with Crippen molar-refractivity contribution in [1.29, 1.82) is 0 Å². The summed E-state index contributed by atoms with van der Waals surface area (Å²) in [6.07, 6.45) is -4.59. The molecule has 0 saturated carbocycles. The van der Waals surface area contributed by atoms with Crippen LogP contribution < -0.4 is 16.6 Å². The first-order valence-electron chi connectivity index (χ1n) is 7.57. The fourth-order valence-electron chi connectivity index (χ4n) is 2.36. The molecule has 0 unspecified atom stereocenters. The van der Waals surface area contributed by atoms with Crippen molar-refractivity contribution in [3.63, 3.8) is 0 Å². The zero-order valence-electron chi connectivity index (χ0n) is 14.1. The smallest absolute Gasteiger partial charge is 0.324 e. The number of hydrogen-bond acceptors (Lipinski definition) is 7. The second kappa shape index (κ2) is 7.00. The van der Waals surface area contributed by atoms with Crippen LogP contribution in [0, 0.1) is 13.8 Å². The number of anilines is 3. The Hall–Kier alpha value is -2.92. The predicted octanol–water partition coefficient (Wildman–Crippen LogP) is 3.38. The summed E-state index contributed by atoms with van der Waals surface area (Å²) in [4.78, 5) is 12.3. The summed E-state index contributed by atoms with van der Waals surface area (Å²) in [5.74, 6) is 5.52. The topological polar surface area (TPSA) is 107 Å². The van der Waals surface area contributed by atoms with Crippen molar-refractivity contribution in [2.75, 3.05) is 10.7 Å². The number of nitrogens with zero attached hydrogens (tertiary/aromatic N) is 5. The molecule has 8 nitrogen and oxygen atoms in total. The Kier molecular flexibility index (Phi) is 4.89. The SMILES string of the molecule is Cc1cc(C)n(-c2nc(NN)nc(Nc3ccc(Cl)c(C(F)(F)F)c3)n2)n1. The minimum absolute atomic E-state index is 0.0139. The van der Waals surface area contributed by atoms with Crippen LogP contribution in [0.25, 0.3) is 5.95 Å². The lowest BCUT2D eigenvalue weighted by atomic mass is 10.2. The Morgan fingerprint density at radius 1 is 1.07 bits per heavy atom. The van der Waals surface area contributed by atoms with Gasteiger partial charge in [-0.3, -0.25) is 5.43 Å². The molecule has 142 valence electrons. The van der Waals surface area contributed by atoms with E-state index in [1.807, 2.05) is 6.07 Å². The maximum Gasteiger partial charge on any atom is 0.417 e. The summed E-state index contributed by atoms with van der Waals surface area (Å²) in [6.45, 7) is 3.61. The first kappa shape index (κ1) is 18.9. The van der Waals surface area contributed by atoms with Crippen LogP contribution in [0.3, 0.4) is 0 Å². The van der Waals surface area contributed by atoms with Crippen molar-refractivity contribution in [2.24, 2.45) is 5.84 Å². The average Bonchev–Trinajstić information content (AvgIpc) is 2.93. The number of rotatable bonds is 4. The number of nitrogen functional groups attached to an aromatic ring is 1. The number of hydrogen-bond donors (Lipinski definition) is 3. The molecule has 0 radical (unpaired) electrons. The maximum absolute atomic E-state index is 13.0. The molecule has 0 spiro atoms. The number of nitrogens with one attached hydrogen (secondary N) is 2. The molecule has 27 heavy (non-hydrogen) atoms. The number of aromatic nitrogens is 5. The van der Waals surface area contributed by atoms with E-state index in [4.69, 9.17) is 17.4 Å². The highest BCUT2D eigenvalue weighted by Gasteiger charge is 2.33. The zero-order valence-corrected chi connectivity index (χ0v) is 14.9. The standard InChI is InChI=1S/C15H14ClF3N8/c1-7-5-8(2)27(26-7)14-23-12(22-13(24-14)25-20)21-9-3-4-11(16)10(6-9)15(17,18)19/h3-6H,20H2,1-2H3,(H2,21,22,23,24,25).